The lowest BCUT2D eigenvalue weighted by atomic mass is 10.0. The number of benzene rings is 1. The minimum Gasteiger partial charge on any atom is -0.395 e. The highest BCUT2D eigenvalue weighted by Crippen LogP contribution is 2.27. The van der Waals surface area contributed by atoms with Crippen LogP contribution in [-0.4, -0.2) is 48.2 Å². The van der Waals surface area contributed by atoms with Crippen LogP contribution >= 0.6 is 0 Å². The number of aliphatic hydroxyl groups is 1. The molecule has 0 aliphatic carbocycles. The fourth-order valence-corrected chi connectivity index (χ4v) is 2.90. The van der Waals surface area contributed by atoms with Gasteiger partial charge < -0.3 is 10.0 Å². The Kier molecular flexibility index (Phi) is 5.15. The molecule has 0 spiro atoms. The maximum atomic E-state index is 12.7. The second-order valence-corrected chi connectivity index (χ2v) is 5.25. The maximum absolute atomic E-state index is 12.7. The molecule has 1 aromatic carbocycles. The number of aryl methyl sites for hydroxylation is 1. The number of carbonyl (C=O) groups is 1. The Morgan fingerprint density at radius 3 is 2.90 bits per heavy atom. The van der Waals surface area contributed by atoms with Crippen LogP contribution in [0, 0.1) is 0 Å². The van der Waals surface area contributed by atoms with Gasteiger partial charge >= 0.3 is 0 Å². The van der Waals surface area contributed by atoms with E-state index in [2.05, 4.69) is 6.07 Å². The fourth-order valence-electron chi connectivity index (χ4n) is 2.90. The molecule has 1 N–H and O–H groups in total. The molecule has 1 aliphatic heterocycles. The van der Waals surface area contributed by atoms with Crippen molar-refractivity contribution in [1.29, 1.82) is 0 Å². The minimum atomic E-state index is -0.196. The number of hydrogen-bond donors (Lipinski definition) is 1. The highest BCUT2D eigenvalue weighted by atomic mass is 16.3. The summed E-state index contributed by atoms with van der Waals surface area (Å²) < 4.78 is 0. The minimum absolute atomic E-state index is 0.0854. The normalized spacial score (nSPS) is 16.1. The molecule has 110 valence electrons. The summed E-state index contributed by atoms with van der Waals surface area (Å²) >= 11 is 0. The smallest absolute Gasteiger partial charge is 0.244 e. The Labute approximate surface area is 121 Å². The molecule has 4 nitrogen and oxygen atoms in total. The maximum Gasteiger partial charge on any atom is 0.244 e. The molecule has 1 heterocycles. The molecule has 1 aromatic rings. The summed E-state index contributed by atoms with van der Waals surface area (Å²) in [5.74, 6) is 0.132. The molecule has 4 heteroatoms. The average molecular weight is 276 g/mol. The van der Waals surface area contributed by atoms with Crippen molar-refractivity contribution in [3.8, 4) is 0 Å². The summed E-state index contributed by atoms with van der Waals surface area (Å²) in [7, 11) is 0. The first-order valence-electron chi connectivity index (χ1n) is 7.43. The lowest BCUT2D eigenvalue weighted by Gasteiger charge is -2.35. The van der Waals surface area contributed by atoms with Crippen LogP contribution in [0.25, 0.3) is 0 Å². The van der Waals surface area contributed by atoms with Crippen molar-refractivity contribution >= 4 is 11.6 Å². The zero-order valence-electron chi connectivity index (χ0n) is 12.4. The highest BCUT2D eigenvalue weighted by Gasteiger charge is 2.28. The number of anilines is 1. The zero-order chi connectivity index (χ0) is 14.5. The average Bonchev–Trinajstić information content (AvgIpc) is 2.50. The van der Waals surface area contributed by atoms with Gasteiger partial charge in [-0.1, -0.05) is 25.1 Å². The summed E-state index contributed by atoms with van der Waals surface area (Å²) in [6.07, 6.45) is 2.06. The predicted octanol–water partition coefficient (Wildman–Crippen LogP) is 1.67. The second kappa shape index (κ2) is 6.86. The van der Waals surface area contributed by atoms with Crippen molar-refractivity contribution in [2.45, 2.75) is 32.7 Å². The molecule has 1 amide bonds. The van der Waals surface area contributed by atoms with Crippen molar-refractivity contribution < 1.29 is 9.90 Å². The monoisotopic (exact) mass is 276 g/mol. The summed E-state index contributed by atoms with van der Waals surface area (Å²) in [5, 5.41) is 9.10. The molecule has 0 bridgehead atoms. The van der Waals surface area contributed by atoms with Crippen LogP contribution in [0.5, 0.6) is 0 Å². The van der Waals surface area contributed by atoms with Crippen molar-refractivity contribution in [3.63, 3.8) is 0 Å². The van der Waals surface area contributed by atoms with Crippen LogP contribution in [0.1, 0.15) is 25.8 Å². The van der Waals surface area contributed by atoms with E-state index >= 15 is 0 Å². The van der Waals surface area contributed by atoms with Crippen molar-refractivity contribution in [3.05, 3.63) is 29.8 Å². The number of carbonyl (C=O) groups excluding carboxylic acids is 1. The number of aliphatic hydroxyl groups excluding tert-OH is 1. The molecular formula is C16H24N2O2. The van der Waals surface area contributed by atoms with Crippen molar-refractivity contribution in [2.24, 2.45) is 0 Å². The predicted molar refractivity (Wildman–Crippen MR) is 80.9 cm³/mol. The second-order valence-electron chi connectivity index (χ2n) is 5.25. The van der Waals surface area contributed by atoms with Crippen LogP contribution < -0.4 is 4.90 Å². The first-order chi connectivity index (χ1) is 9.69. The molecule has 0 fully saturated rings. The van der Waals surface area contributed by atoms with Crippen LogP contribution in [-0.2, 0) is 11.2 Å². The quantitative estimate of drug-likeness (QED) is 0.889. The SMILES string of the molecule is CCN(CCO)C(C)C(=O)N1CCCc2ccccc21. The number of amides is 1. The number of para-hydroxylation sites is 1. The van der Waals surface area contributed by atoms with Gasteiger partial charge in [0.25, 0.3) is 0 Å². The van der Waals surface area contributed by atoms with Crippen molar-refractivity contribution in [1.82, 2.24) is 4.90 Å². The largest absolute Gasteiger partial charge is 0.395 e. The number of hydrogen-bond acceptors (Lipinski definition) is 3. The number of likely N-dealkylation sites (N-methyl/N-ethyl adjacent to an activating group) is 1. The van der Waals surface area contributed by atoms with Gasteiger partial charge in [0.2, 0.25) is 5.91 Å². The van der Waals surface area contributed by atoms with Crippen LogP contribution in [0.15, 0.2) is 24.3 Å². The first kappa shape index (κ1) is 15.0. The molecule has 0 saturated heterocycles. The molecule has 0 saturated carbocycles. The Balaban J connectivity index is 2.17. The summed E-state index contributed by atoms with van der Waals surface area (Å²) in [4.78, 5) is 16.7. The standard InChI is InChI=1S/C16H24N2O2/c1-3-17(11-12-19)13(2)16(20)18-10-6-8-14-7-4-5-9-15(14)18/h4-5,7,9,13,19H,3,6,8,10-12H2,1-2H3. The number of rotatable bonds is 5. The molecule has 1 unspecified atom stereocenters. The molecular weight excluding hydrogens is 252 g/mol. The molecule has 0 aromatic heterocycles. The van der Waals surface area contributed by atoms with E-state index in [0.717, 1.165) is 31.6 Å². The van der Waals surface area contributed by atoms with E-state index in [4.69, 9.17) is 5.11 Å². The summed E-state index contributed by atoms with van der Waals surface area (Å²) in [6.45, 7) is 6.13. The van der Waals surface area contributed by atoms with Crippen LogP contribution in [0.2, 0.25) is 0 Å². The molecule has 1 atom stereocenters. The zero-order valence-corrected chi connectivity index (χ0v) is 12.4. The van der Waals surface area contributed by atoms with Gasteiger partial charge in [-0.3, -0.25) is 9.69 Å². The molecule has 0 radical (unpaired) electrons. The lowest BCUT2D eigenvalue weighted by Crippen LogP contribution is -2.49. The third-order valence-corrected chi connectivity index (χ3v) is 4.07. The third-order valence-electron chi connectivity index (χ3n) is 4.07. The Hall–Kier alpha value is -1.39. The van der Waals surface area contributed by atoms with E-state index < -0.39 is 0 Å². The van der Waals surface area contributed by atoms with Gasteiger partial charge in [0.05, 0.1) is 12.6 Å². The van der Waals surface area contributed by atoms with Gasteiger partial charge in [-0.15, -0.1) is 0 Å². The topological polar surface area (TPSA) is 43.8 Å². The van der Waals surface area contributed by atoms with Gasteiger partial charge in [-0.2, -0.15) is 0 Å². The van der Waals surface area contributed by atoms with E-state index in [9.17, 15) is 4.79 Å². The Bertz CT molecular complexity index is 462. The van der Waals surface area contributed by atoms with Crippen LogP contribution in [0.4, 0.5) is 5.69 Å². The molecule has 20 heavy (non-hydrogen) atoms. The Morgan fingerprint density at radius 1 is 1.45 bits per heavy atom. The van der Waals surface area contributed by atoms with Crippen LogP contribution in [0.3, 0.4) is 0 Å². The van der Waals surface area contributed by atoms with Crippen molar-refractivity contribution in [2.75, 3.05) is 31.1 Å². The Morgan fingerprint density at radius 2 is 2.20 bits per heavy atom. The number of fused-ring (bicyclic) bond motifs is 1. The van der Waals surface area contributed by atoms with E-state index in [1.165, 1.54) is 5.56 Å². The van der Waals surface area contributed by atoms with E-state index in [1.807, 2.05) is 41.8 Å². The fraction of sp³-hybridized carbons (Fsp3) is 0.562. The van der Waals surface area contributed by atoms with Gasteiger partial charge in [0.1, 0.15) is 0 Å². The van der Waals surface area contributed by atoms with Gasteiger partial charge in [0.15, 0.2) is 0 Å². The third kappa shape index (κ3) is 3.02. The van der Waals surface area contributed by atoms with Gasteiger partial charge in [-0.05, 0) is 37.9 Å². The van der Waals surface area contributed by atoms with Gasteiger partial charge in [0, 0.05) is 18.8 Å². The summed E-state index contributed by atoms with van der Waals surface area (Å²) in [6, 6.07) is 7.95. The number of nitrogens with zero attached hydrogens (tertiary/aromatic N) is 2. The lowest BCUT2D eigenvalue weighted by molar-refractivity contribution is -0.123. The first-order valence-corrected chi connectivity index (χ1v) is 7.43. The summed E-state index contributed by atoms with van der Waals surface area (Å²) in [5.41, 5.74) is 2.31. The van der Waals surface area contributed by atoms with E-state index in [-0.39, 0.29) is 18.6 Å². The molecule has 2 rings (SSSR count). The van der Waals surface area contributed by atoms with Gasteiger partial charge in [-0.25, -0.2) is 0 Å². The molecule has 1 aliphatic rings. The highest BCUT2D eigenvalue weighted by molar-refractivity contribution is 5.98. The van der Waals surface area contributed by atoms with E-state index in [0.29, 0.717) is 6.54 Å². The van der Waals surface area contributed by atoms with E-state index in [1.54, 1.807) is 0 Å².